The number of ether oxygens (including phenoxy) is 3. The Morgan fingerprint density at radius 3 is 2.62 bits per heavy atom. The third-order valence-electron chi connectivity index (χ3n) is 6.09. The summed E-state index contributed by atoms with van der Waals surface area (Å²) in [5.74, 6) is -0.143. The largest absolute Gasteiger partial charge is 0.508 e. The van der Waals surface area contributed by atoms with Gasteiger partial charge in [-0.15, -0.1) is 0 Å². The zero-order valence-corrected chi connectivity index (χ0v) is 19.7. The van der Waals surface area contributed by atoms with Crippen LogP contribution in [0.3, 0.4) is 0 Å². The van der Waals surface area contributed by atoms with Crippen LogP contribution in [0.25, 0.3) is 0 Å². The van der Waals surface area contributed by atoms with Crippen LogP contribution < -0.4 is 14.2 Å². The molecule has 8 heteroatoms. The summed E-state index contributed by atoms with van der Waals surface area (Å²) in [7, 11) is 0. The zero-order chi connectivity index (χ0) is 24.8. The van der Waals surface area contributed by atoms with Crippen LogP contribution in [0.2, 0.25) is 0 Å². The number of carbonyl (C=O) groups is 1. The summed E-state index contributed by atoms with van der Waals surface area (Å²) >= 11 is 0. The van der Waals surface area contributed by atoms with Crippen LogP contribution in [0.1, 0.15) is 74.2 Å². The minimum atomic E-state index is -1.24. The van der Waals surface area contributed by atoms with Crippen LogP contribution in [0.15, 0.2) is 35.9 Å². The number of carbonyl (C=O) groups excluding carboxylic acids is 1. The maximum absolute atomic E-state index is 12.8. The minimum Gasteiger partial charge on any atom is -0.508 e. The van der Waals surface area contributed by atoms with Gasteiger partial charge in [-0.2, -0.15) is 0 Å². The van der Waals surface area contributed by atoms with Gasteiger partial charge in [0.1, 0.15) is 46.7 Å². The fraction of sp³-hybridized carbons (Fsp3) is 0.423. The number of fused-ring (bicyclic) bond motifs is 2. The first kappa shape index (κ1) is 23.9. The topological polar surface area (TPSA) is 126 Å². The predicted octanol–water partition coefficient (Wildman–Crippen LogP) is 4.10. The molecule has 2 aromatic carbocycles. The molecule has 2 aliphatic rings. The molecule has 2 aromatic rings. The highest BCUT2D eigenvalue weighted by Crippen LogP contribution is 2.48. The summed E-state index contributed by atoms with van der Waals surface area (Å²) in [4.78, 5) is 12.8. The van der Waals surface area contributed by atoms with E-state index in [0.29, 0.717) is 35.7 Å². The van der Waals surface area contributed by atoms with Crippen LogP contribution >= 0.6 is 0 Å². The van der Waals surface area contributed by atoms with Gasteiger partial charge in [-0.3, -0.25) is 4.79 Å². The van der Waals surface area contributed by atoms with Gasteiger partial charge in [0.15, 0.2) is 17.3 Å². The molecule has 2 heterocycles. The second kappa shape index (κ2) is 8.85. The van der Waals surface area contributed by atoms with E-state index in [4.69, 9.17) is 14.2 Å². The maximum Gasteiger partial charge on any atom is 0.174 e. The van der Waals surface area contributed by atoms with Crippen molar-refractivity contribution in [2.75, 3.05) is 6.61 Å². The number of hydrogen-bond donors (Lipinski definition) is 4. The molecule has 8 nitrogen and oxygen atoms in total. The van der Waals surface area contributed by atoms with E-state index in [1.165, 1.54) is 6.07 Å². The number of phenols is 2. The molecule has 0 aromatic heterocycles. The molecule has 0 aliphatic carbocycles. The summed E-state index contributed by atoms with van der Waals surface area (Å²) < 4.78 is 18.0. The van der Waals surface area contributed by atoms with Gasteiger partial charge in [0.25, 0.3) is 0 Å². The van der Waals surface area contributed by atoms with Gasteiger partial charge in [-0.05, 0) is 51.8 Å². The van der Waals surface area contributed by atoms with E-state index >= 15 is 0 Å². The number of Topliss-reactive ketones (excluding diaryl/α,β-unsaturated/α-hetero) is 1. The molecule has 4 rings (SSSR count). The molecule has 3 atom stereocenters. The first-order valence-electron chi connectivity index (χ1n) is 11.2. The Kier molecular flexibility index (Phi) is 6.22. The van der Waals surface area contributed by atoms with Gasteiger partial charge < -0.3 is 34.6 Å². The molecule has 0 saturated heterocycles. The summed E-state index contributed by atoms with van der Waals surface area (Å²) in [5.41, 5.74) is 1.01. The molecular formula is C26H30O8. The SMILES string of the molecule is CC(C)=CCCOc1cc([C@H]2CC(=O)c3c(O)cc(O)cc3O2)cc2c1OC(C)(C)[C@@H](O)[C@H]2O. The lowest BCUT2D eigenvalue weighted by atomic mass is 9.86. The van der Waals surface area contributed by atoms with Crippen LogP contribution in [0, 0.1) is 0 Å². The molecule has 0 fully saturated rings. The highest BCUT2D eigenvalue weighted by molar-refractivity contribution is 6.02. The number of phenolic OH excluding ortho intramolecular Hbond substituents is 2. The summed E-state index contributed by atoms with van der Waals surface area (Å²) in [5, 5.41) is 41.4. The fourth-order valence-corrected chi connectivity index (χ4v) is 4.27. The molecule has 0 radical (unpaired) electrons. The minimum absolute atomic E-state index is 0.0192. The van der Waals surface area contributed by atoms with E-state index in [-0.39, 0.29) is 35.0 Å². The number of hydrogen-bond acceptors (Lipinski definition) is 8. The normalized spacial score (nSPS) is 22.6. The fourth-order valence-electron chi connectivity index (χ4n) is 4.27. The first-order chi connectivity index (χ1) is 16.0. The van der Waals surface area contributed by atoms with E-state index < -0.39 is 23.9 Å². The number of benzene rings is 2. The van der Waals surface area contributed by atoms with Crippen molar-refractivity contribution < 1.29 is 39.4 Å². The van der Waals surface area contributed by atoms with Crippen molar-refractivity contribution in [3.63, 3.8) is 0 Å². The molecule has 4 N–H and O–H groups in total. The van der Waals surface area contributed by atoms with Gasteiger partial charge in [-0.25, -0.2) is 0 Å². The van der Waals surface area contributed by atoms with E-state index in [1.807, 2.05) is 19.9 Å². The third-order valence-corrected chi connectivity index (χ3v) is 6.09. The van der Waals surface area contributed by atoms with E-state index in [9.17, 15) is 25.2 Å². The monoisotopic (exact) mass is 470 g/mol. The van der Waals surface area contributed by atoms with E-state index in [0.717, 1.165) is 11.6 Å². The highest BCUT2D eigenvalue weighted by atomic mass is 16.5. The molecular weight excluding hydrogens is 440 g/mol. The van der Waals surface area contributed by atoms with Crippen molar-refractivity contribution in [2.45, 2.75) is 64.4 Å². The van der Waals surface area contributed by atoms with Gasteiger partial charge in [-0.1, -0.05) is 11.6 Å². The van der Waals surface area contributed by atoms with Gasteiger partial charge >= 0.3 is 0 Å². The number of allylic oxidation sites excluding steroid dienone is 1. The zero-order valence-electron chi connectivity index (χ0n) is 19.7. The van der Waals surface area contributed by atoms with Crippen molar-refractivity contribution in [3.8, 4) is 28.7 Å². The lowest BCUT2D eigenvalue weighted by Gasteiger charge is -2.41. The van der Waals surface area contributed by atoms with Crippen LogP contribution in [-0.2, 0) is 0 Å². The quantitative estimate of drug-likeness (QED) is 0.380. The van der Waals surface area contributed by atoms with Crippen molar-refractivity contribution in [3.05, 3.63) is 52.6 Å². The smallest absolute Gasteiger partial charge is 0.174 e. The molecule has 182 valence electrons. The Morgan fingerprint density at radius 2 is 1.91 bits per heavy atom. The second-order valence-corrected chi connectivity index (χ2v) is 9.52. The molecule has 34 heavy (non-hydrogen) atoms. The number of aliphatic hydroxyl groups excluding tert-OH is 2. The molecule has 0 spiro atoms. The lowest BCUT2D eigenvalue weighted by molar-refractivity contribution is -0.112. The van der Waals surface area contributed by atoms with E-state index in [1.54, 1.807) is 26.0 Å². The van der Waals surface area contributed by atoms with Gasteiger partial charge in [0, 0.05) is 17.7 Å². The van der Waals surface area contributed by atoms with Crippen LogP contribution in [0.5, 0.6) is 28.7 Å². The molecule has 0 unspecified atom stereocenters. The number of aliphatic hydroxyl groups is 2. The Morgan fingerprint density at radius 1 is 1.18 bits per heavy atom. The average Bonchev–Trinajstić information content (AvgIpc) is 2.74. The lowest BCUT2D eigenvalue weighted by Crippen LogP contribution is -2.48. The summed E-state index contributed by atoms with van der Waals surface area (Å²) in [6.45, 7) is 7.72. The third kappa shape index (κ3) is 4.43. The Labute approximate surface area is 198 Å². The second-order valence-electron chi connectivity index (χ2n) is 9.52. The van der Waals surface area contributed by atoms with Crippen molar-refractivity contribution in [2.24, 2.45) is 0 Å². The van der Waals surface area contributed by atoms with Gasteiger partial charge in [0.2, 0.25) is 0 Å². The van der Waals surface area contributed by atoms with Crippen molar-refractivity contribution in [1.29, 1.82) is 0 Å². The standard InChI is InChI=1S/C26H30O8/c1-13(2)6-5-7-32-21-9-14(8-16-23(30)25(31)26(3,4)34-24(16)21)19-12-18(29)22-17(28)10-15(27)11-20(22)33-19/h6,8-11,19,23,25,27-28,30-31H,5,7,12H2,1-4H3/t19-,23+,25+/m1/s1. The molecule has 0 amide bonds. The maximum atomic E-state index is 12.8. The van der Waals surface area contributed by atoms with E-state index in [2.05, 4.69) is 0 Å². The molecule has 2 aliphatic heterocycles. The first-order valence-corrected chi connectivity index (χ1v) is 11.2. The van der Waals surface area contributed by atoms with Crippen LogP contribution in [0.4, 0.5) is 0 Å². The Bertz CT molecular complexity index is 1150. The number of aromatic hydroxyl groups is 2. The van der Waals surface area contributed by atoms with Crippen molar-refractivity contribution >= 4 is 5.78 Å². The Balaban J connectivity index is 1.74. The molecule has 0 bridgehead atoms. The summed E-state index contributed by atoms with van der Waals surface area (Å²) in [6, 6.07) is 5.70. The Hall–Kier alpha value is -3.23. The average molecular weight is 471 g/mol. The number of rotatable bonds is 5. The predicted molar refractivity (Wildman–Crippen MR) is 124 cm³/mol. The van der Waals surface area contributed by atoms with Crippen molar-refractivity contribution in [1.82, 2.24) is 0 Å². The number of ketones is 1. The van der Waals surface area contributed by atoms with Crippen LogP contribution in [-0.4, -0.2) is 44.5 Å². The van der Waals surface area contributed by atoms with Gasteiger partial charge in [0.05, 0.1) is 13.0 Å². The molecule has 0 saturated carbocycles. The highest BCUT2D eigenvalue weighted by Gasteiger charge is 2.44. The summed E-state index contributed by atoms with van der Waals surface area (Å²) in [6.07, 6.45) is -0.535.